The molecular weight excluding hydrogens is 270 g/mol. The van der Waals surface area contributed by atoms with Gasteiger partial charge in [0.1, 0.15) is 5.56 Å². The Hall–Kier alpha value is -1.40. The van der Waals surface area contributed by atoms with Gasteiger partial charge in [-0.2, -0.15) is 5.10 Å². The van der Waals surface area contributed by atoms with Gasteiger partial charge in [0.05, 0.1) is 25.1 Å². The molecule has 1 atom stereocenters. The monoisotopic (exact) mass is 297 g/mol. The Morgan fingerprint density at radius 1 is 1.48 bits per heavy atom. The maximum Gasteiger partial charge on any atom is 0.341 e. The Morgan fingerprint density at radius 2 is 2.19 bits per heavy atom. The van der Waals surface area contributed by atoms with Gasteiger partial charge in [0.25, 0.3) is 0 Å². The van der Waals surface area contributed by atoms with Crippen molar-refractivity contribution in [2.75, 3.05) is 26.9 Å². The summed E-state index contributed by atoms with van der Waals surface area (Å²) in [5.74, 6) is -0.309. The highest BCUT2D eigenvalue weighted by Crippen LogP contribution is 2.15. The molecule has 1 heterocycles. The number of hydrogen-bond donors (Lipinski definition) is 0. The predicted molar refractivity (Wildman–Crippen MR) is 81.2 cm³/mol. The fraction of sp³-hybridized carbons (Fsp3) is 0.733. The molecule has 0 bridgehead atoms. The van der Waals surface area contributed by atoms with Gasteiger partial charge in [0, 0.05) is 33.3 Å². The number of aryl methyl sites for hydroxylation is 1. The average Bonchev–Trinajstić information content (AvgIpc) is 2.84. The Morgan fingerprint density at radius 3 is 2.76 bits per heavy atom. The second kappa shape index (κ2) is 8.79. The maximum atomic E-state index is 12.0. The van der Waals surface area contributed by atoms with E-state index in [0.29, 0.717) is 31.4 Å². The van der Waals surface area contributed by atoms with Gasteiger partial charge < -0.3 is 9.47 Å². The second-order valence-corrected chi connectivity index (χ2v) is 5.07. The fourth-order valence-corrected chi connectivity index (χ4v) is 2.14. The summed E-state index contributed by atoms with van der Waals surface area (Å²) in [6, 6.07) is 0.407. The Bertz CT molecular complexity index is 445. The van der Waals surface area contributed by atoms with Crippen molar-refractivity contribution in [2.45, 2.75) is 39.8 Å². The molecule has 1 aromatic heterocycles. The molecule has 0 spiro atoms. The third-order valence-corrected chi connectivity index (χ3v) is 3.71. The molecule has 0 saturated carbocycles. The fourth-order valence-electron chi connectivity index (χ4n) is 2.14. The molecule has 0 fully saturated rings. The molecule has 0 aliphatic heterocycles. The minimum atomic E-state index is -0.309. The van der Waals surface area contributed by atoms with Crippen LogP contribution in [0.15, 0.2) is 6.20 Å². The zero-order valence-corrected chi connectivity index (χ0v) is 13.8. The van der Waals surface area contributed by atoms with Crippen LogP contribution in [0.4, 0.5) is 0 Å². The topological polar surface area (TPSA) is 56.6 Å². The van der Waals surface area contributed by atoms with E-state index in [1.807, 2.05) is 7.05 Å². The predicted octanol–water partition coefficient (Wildman–Crippen LogP) is 1.84. The van der Waals surface area contributed by atoms with Crippen molar-refractivity contribution < 1.29 is 14.3 Å². The van der Waals surface area contributed by atoms with Gasteiger partial charge in [-0.1, -0.05) is 6.92 Å². The lowest BCUT2D eigenvalue weighted by molar-refractivity contribution is 0.0522. The standard InChI is InChI=1S/C15H27N3O3/c1-6-12(3)18(8-9-20-5)11-14-13(10-16-17(14)4)15(19)21-7-2/h10,12H,6-9,11H2,1-5H3. The Labute approximate surface area is 127 Å². The van der Waals surface area contributed by atoms with Gasteiger partial charge in [-0.25, -0.2) is 4.79 Å². The molecule has 0 aliphatic carbocycles. The van der Waals surface area contributed by atoms with E-state index in [2.05, 4.69) is 23.8 Å². The van der Waals surface area contributed by atoms with Crippen LogP contribution < -0.4 is 0 Å². The van der Waals surface area contributed by atoms with Crippen LogP contribution in [0.25, 0.3) is 0 Å². The van der Waals surface area contributed by atoms with Crippen LogP contribution >= 0.6 is 0 Å². The summed E-state index contributed by atoms with van der Waals surface area (Å²) in [6.45, 7) is 8.64. The van der Waals surface area contributed by atoms with Gasteiger partial charge in [-0.3, -0.25) is 9.58 Å². The first kappa shape index (κ1) is 17.7. The number of ether oxygens (including phenoxy) is 2. The van der Waals surface area contributed by atoms with E-state index in [-0.39, 0.29) is 5.97 Å². The third-order valence-electron chi connectivity index (χ3n) is 3.71. The van der Waals surface area contributed by atoms with E-state index in [0.717, 1.165) is 18.7 Å². The van der Waals surface area contributed by atoms with Gasteiger partial charge in [-0.15, -0.1) is 0 Å². The zero-order chi connectivity index (χ0) is 15.8. The van der Waals surface area contributed by atoms with Crippen molar-refractivity contribution in [2.24, 2.45) is 7.05 Å². The number of methoxy groups -OCH3 is 1. The number of carbonyl (C=O) groups is 1. The minimum Gasteiger partial charge on any atom is -0.462 e. The summed E-state index contributed by atoms with van der Waals surface area (Å²) >= 11 is 0. The van der Waals surface area contributed by atoms with Crippen molar-refractivity contribution in [1.29, 1.82) is 0 Å². The Kier molecular flexibility index (Phi) is 7.39. The van der Waals surface area contributed by atoms with Gasteiger partial charge >= 0.3 is 5.97 Å². The molecule has 0 aromatic carbocycles. The summed E-state index contributed by atoms with van der Waals surface area (Å²) in [5.41, 5.74) is 1.43. The van der Waals surface area contributed by atoms with E-state index < -0.39 is 0 Å². The first-order chi connectivity index (χ1) is 10.0. The number of esters is 1. The summed E-state index contributed by atoms with van der Waals surface area (Å²) in [7, 11) is 3.55. The van der Waals surface area contributed by atoms with Crippen LogP contribution in [0.5, 0.6) is 0 Å². The maximum absolute atomic E-state index is 12.0. The van der Waals surface area contributed by atoms with E-state index in [1.54, 1.807) is 24.9 Å². The van der Waals surface area contributed by atoms with Crippen molar-refractivity contribution in [1.82, 2.24) is 14.7 Å². The summed E-state index contributed by atoms with van der Waals surface area (Å²) in [5, 5.41) is 4.20. The molecule has 0 N–H and O–H groups in total. The van der Waals surface area contributed by atoms with Crippen LogP contribution in [0.2, 0.25) is 0 Å². The van der Waals surface area contributed by atoms with Gasteiger partial charge in [0.2, 0.25) is 0 Å². The van der Waals surface area contributed by atoms with E-state index in [4.69, 9.17) is 9.47 Å². The van der Waals surface area contributed by atoms with Crippen molar-refractivity contribution in [3.8, 4) is 0 Å². The molecule has 0 saturated heterocycles. The number of nitrogens with zero attached hydrogens (tertiary/aromatic N) is 3. The van der Waals surface area contributed by atoms with E-state index in [1.165, 1.54) is 0 Å². The van der Waals surface area contributed by atoms with Crippen molar-refractivity contribution in [3.63, 3.8) is 0 Å². The normalized spacial score (nSPS) is 12.7. The molecule has 6 nitrogen and oxygen atoms in total. The van der Waals surface area contributed by atoms with Crippen molar-refractivity contribution in [3.05, 3.63) is 17.5 Å². The average molecular weight is 297 g/mol. The molecule has 1 unspecified atom stereocenters. The van der Waals surface area contributed by atoms with Crippen molar-refractivity contribution >= 4 is 5.97 Å². The minimum absolute atomic E-state index is 0.309. The highest BCUT2D eigenvalue weighted by molar-refractivity contribution is 5.90. The molecular formula is C15H27N3O3. The summed E-state index contributed by atoms with van der Waals surface area (Å²) in [6.07, 6.45) is 2.62. The summed E-state index contributed by atoms with van der Waals surface area (Å²) < 4.78 is 12.0. The lowest BCUT2D eigenvalue weighted by Gasteiger charge is -2.28. The molecule has 21 heavy (non-hydrogen) atoms. The zero-order valence-electron chi connectivity index (χ0n) is 13.8. The second-order valence-electron chi connectivity index (χ2n) is 5.07. The van der Waals surface area contributed by atoms with E-state index >= 15 is 0 Å². The smallest absolute Gasteiger partial charge is 0.341 e. The quantitative estimate of drug-likeness (QED) is 0.651. The summed E-state index contributed by atoms with van der Waals surface area (Å²) in [4.78, 5) is 14.3. The Balaban J connectivity index is 2.91. The van der Waals surface area contributed by atoms with Gasteiger partial charge in [0.15, 0.2) is 0 Å². The lowest BCUT2D eigenvalue weighted by Crippen LogP contribution is -2.36. The van der Waals surface area contributed by atoms with E-state index in [9.17, 15) is 4.79 Å². The van der Waals surface area contributed by atoms with Crippen LogP contribution in [0.3, 0.4) is 0 Å². The molecule has 0 aliphatic rings. The first-order valence-corrected chi connectivity index (χ1v) is 7.46. The number of carbonyl (C=O) groups excluding carboxylic acids is 1. The van der Waals surface area contributed by atoms with Crippen LogP contribution in [-0.2, 0) is 23.1 Å². The highest BCUT2D eigenvalue weighted by atomic mass is 16.5. The highest BCUT2D eigenvalue weighted by Gasteiger charge is 2.21. The largest absolute Gasteiger partial charge is 0.462 e. The molecule has 1 rings (SSSR count). The molecule has 0 radical (unpaired) electrons. The lowest BCUT2D eigenvalue weighted by atomic mass is 10.1. The third kappa shape index (κ3) is 4.82. The first-order valence-electron chi connectivity index (χ1n) is 7.46. The number of aromatic nitrogens is 2. The molecule has 0 amide bonds. The van der Waals surface area contributed by atoms with Crippen LogP contribution in [0.1, 0.15) is 43.2 Å². The van der Waals surface area contributed by atoms with Gasteiger partial charge in [-0.05, 0) is 20.3 Å². The van der Waals surface area contributed by atoms with Crippen LogP contribution in [0, 0.1) is 0 Å². The van der Waals surface area contributed by atoms with Crippen LogP contribution in [-0.4, -0.2) is 53.6 Å². The number of hydrogen-bond acceptors (Lipinski definition) is 5. The molecule has 1 aromatic rings. The number of rotatable bonds is 9. The molecule has 120 valence electrons. The molecule has 6 heteroatoms. The SMILES string of the molecule is CCOC(=O)c1cnn(C)c1CN(CCOC)C(C)CC.